The number of carbonyl (C=O) groups is 3. The average molecular weight is 374 g/mol. The van der Waals surface area contributed by atoms with Crippen LogP contribution in [0.15, 0.2) is 24.3 Å². The first-order valence-electron chi connectivity index (χ1n) is 9.40. The quantitative estimate of drug-likeness (QED) is 0.800. The van der Waals surface area contributed by atoms with Crippen molar-refractivity contribution >= 4 is 17.6 Å². The highest BCUT2D eigenvalue weighted by molar-refractivity contribution is 5.98. The van der Waals surface area contributed by atoms with Crippen molar-refractivity contribution in [2.45, 2.75) is 58.5 Å². The van der Waals surface area contributed by atoms with E-state index in [1.807, 2.05) is 26.0 Å². The maximum Gasteiger partial charge on any atom is 0.251 e. The third-order valence-electron chi connectivity index (χ3n) is 4.58. The van der Waals surface area contributed by atoms with Crippen molar-refractivity contribution in [3.63, 3.8) is 0 Å². The summed E-state index contributed by atoms with van der Waals surface area (Å²) in [6.07, 6.45) is 0.486. The van der Waals surface area contributed by atoms with Gasteiger partial charge >= 0.3 is 0 Å². The molecule has 6 nitrogen and oxygen atoms in total. The van der Waals surface area contributed by atoms with Gasteiger partial charge in [0, 0.05) is 5.56 Å². The molecule has 0 aliphatic carbocycles. The zero-order valence-corrected chi connectivity index (χ0v) is 16.8. The Morgan fingerprint density at radius 3 is 2.30 bits per heavy atom. The molecule has 1 unspecified atom stereocenters. The smallest absolute Gasteiger partial charge is 0.251 e. The molecule has 0 bridgehead atoms. The van der Waals surface area contributed by atoms with Crippen LogP contribution < -0.4 is 10.6 Å². The number of carbonyl (C=O) groups excluding carboxylic acids is 3. The Bertz CT molecular complexity index is 689. The van der Waals surface area contributed by atoms with Crippen molar-refractivity contribution < 1.29 is 19.1 Å². The summed E-state index contributed by atoms with van der Waals surface area (Å²) in [5, 5.41) is 5.50. The van der Waals surface area contributed by atoms with Crippen LogP contribution in [0, 0.1) is 5.92 Å². The van der Waals surface area contributed by atoms with Gasteiger partial charge in [-0.25, -0.2) is 0 Å². The normalized spacial score (nSPS) is 18.4. The number of ether oxygens (including phenoxy) is 1. The van der Waals surface area contributed by atoms with Gasteiger partial charge in [-0.05, 0) is 35.4 Å². The highest BCUT2D eigenvalue weighted by Gasteiger charge is 2.30. The molecule has 1 aliphatic rings. The number of ketones is 1. The van der Waals surface area contributed by atoms with E-state index in [0.29, 0.717) is 12.0 Å². The number of hydrogen-bond donors (Lipinski definition) is 2. The second-order valence-electron chi connectivity index (χ2n) is 8.53. The fourth-order valence-corrected chi connectivity index (χ4v) is 2.93. The Hall–Kier alpha value is -2.21. The molecule has 1 fully saturated rings. The molecule has 2 rings (SSSR count). The Kier molecular flexibility index (Phi) is 6.76. The molecule has 0 aromatic heterocycles. The van der Waals surface area contributed by atoms with E-state index in [-0.39, 0.29) is 42.1 Å². The monoisotopic (exact) mass is 374 g/mol. The third kappa shape index (κ3) is 5.89. The lowest BCUT2D eigenvalue weighted by Crippen LogP contribution is -2.52. The number of rotatable bonds is 6. The summed E-state index contributed by atoms with van der Waals surface area (Å²) in [4.78, 5) is 36.9. The van der Waals surface area contributed by atoms with Crippen LogP contribution in [0.3, 0.4) is 0 Å². The molecule has 27 heavy (non-hydrogen) atoms. The van der Waals surface area contributed by atoms with Crippen LogP contribution >= 0.6 is 0 Å². The summed E-state index contributed by atoms with van der Waals surface area (Å²) >= 11 is 0. The van der Waals surface area contributed by atoms with Crippen molar-refractivity contribution in [1.29, 1.82) is 0 Å². The van der Waals surface area contributed by atoms with E-state index in [1.54, 1.807) is 12.1 Å². The molecule has 148 valence electrons. The number of amides is 2. The van der Waals surface area contributed by atoms with Gasteiger partial charge in [0.25, 0.3) is 5.91 Å². The van der Waals surface area contributed by atoms with Gasteiger partial charge in [0.1, 0.15) is 18.7 Å². The zero-order chi connectivity index (χ0) is 20.2. The zero-order valence-electron chi connectivity index (χ0n) is 16.8. The second kappa shape index (κ2) is 8.65. The largest absolute Gasteiger partial charge is 0.371 e. The fourth-order valence-electron chi connectivity index (χ4n) is 2.93. The Balaban J connectivity index is 2.06. The topological polar surface area (TPSA) is 84.5 Å². The van der Waals surface area contributed by atoms with E-state index in [4.69, 9.17) is 4.74 Å². The minimum absolute atomic E-state index is 0.00492. The van der Waals surface area contributed by atoms with Gasteiger partial charge in [0.2, 0.25) is 5.91 Å². The van der Waals surface area contributed by atoms with Crippen molar-refractivity contribution in [2.24, 2.45) is 5.92 Å². The third-order valence-corrected chi connectivity index (χ3v) is 4.58. The van der Waals surface area contributed by atoms with Crippen LogP contribution in [0.4, 0.5) is 0 Å². The standard InChI is InChI=1S/C21H30N2O4/c1-13(2)10-16(20(26)23-17-11-27-12-18(17)24)22-19(25)14-6-8-15(9-7-14)21(3,4)5/h6-9,13,16-17H,10-12H2,1-5H3,(H,22,25)(H,23,26)/t16-,17?/m0/s1. The van der Waals surface area contributed by atoms with Crippen molar-refractivity contribution in [2.75, 3.05) is 13.2 Å². The molecule has 1 aromatic carbocycles. The predicted molar refractivity (Wildman–Crippen MR) is 104 cm³/mol. The Morgan fingerprint density at radius 1 is 1.19 bits per heavy atom. The molecule has 1 heterocycles. The van der Waals surface area contributed by atoms with Gasteiger partial charge in [-0.15, -0.1) is 0 Å². The summed E-state index contributed by atoms with van der Waals surface area (Å²) in [6.45, 7) is 10.5. The van der Waals surface area contributed by atoms with Crippen LogP contribution in [0.2, 0.25) is 0 Å². The lowest BCUT2D eigenvalue weighted by molar-refractivity contribution is -0.127. The number of Topliss-reactive ketones (excluding diaryl/α,β-unsaturated/α-hetero) is 1. The first-order valence-corrected chi connectivity index (χ1v) is 9.40. The minimum atomic E-state index is -0.701. The molecule has 0 radical (unpaired) electrons. The lowest BCUT2D eigenvalue weighted by Gasteiger charge is -2.22. The highest BCUT2D eigenvalue weighted by atomic mass is 16.5. The Morgan fingerprint density at radius 2 is 1.81 bits per heavy atom. The number of nitrogens with one attached hydrogen (secondary N) is 2. The van der Waals surface area contributed by atoms with E-state index >= 15 is 0 Å². The molecule has 0 saturated carbocycles. The molecule has 2 atom stereocenters. The van der Waals surface area contributed by atoms with Crippen LogP contribution in [0.1, 0.15) is 57.0 Å². The molecule has 0 spiro atoms. The Labute approximate surface area is 161 Å². The van der Waals surface area contributed by atoms with E-state index in [9.17, 15) is 14.4 Å². The van der Waals surface area contributed by atoms with Gasteiger partial charge < -0.3 is 15.4 Å². The summed E-state index contributed by atoms with van der Waals surface area (Å²) in [6, 6.07) is 6.08. The van der Waals surface area contributed by atoms with Crippen molar-refractivity contribution in [1.82, 2.24) is 10.6 Å². The second-order valence-corrected chi connectivity index (χ2v) is 8.53. The van der Waals surface area contributed by atoms with Crippen molar-refractivity contribution in [3.05, 3.63) is 35.4 Å². The number of benzene rings is 1. The molecule has 2 N–H and O–H groups in total. The van der Waals surface area contributed by atoms with E-state index in [2.05, 4.69) is 31.4 Å². The summed E-state index contributed by atoms with van der Waals surface area (Å²) in [5.74, 6) is -0.590. The van der Waals surface area contributed by atoms with Gasteiger partial charge in [0.15, 0.2) is 5.78 Å². The molecule has 6 heteroatoms. The maximum atomic E-state index is 12.6. The fraction of sp³-hybridized carbons (Fsp3) is 0.571. The molecular weight excluding hydrogens is 344 g/mol. The molecule has 1 aliphatic heterocycles. The van der Waals surface area contributed by atoms with Crippen molar-refractivity contribution in [3.8, 4) is 0 Å². The van der Waals surface area contributed by atoms with Crippen LogP contribution in [-0.2, 0) is 19.7 Å². The predicted octanol–water partition coefficient (Wildman–Crippen LogP) is 2.21. The van der Waals surface area contributed by atoms with Crippen LogP contribution in [-0.4, -0.2) is 42.9 Å². The van der Waals surface area contributed by atoms with E-state index in [0.717, 1.165) is 5.56 Å². The summed E-state index contributed by atoms with van der Waals surface area (Å²) < 4.78 is 5.07. The van der Waals surface area contributed by atoms with Crippen LogP contribution in [0.5, 0.6) is 0 Å². The molecule has 1 aromatic rings. The number of hydrogen-bond acceptors (Lipinski definition) is 4. The van der Waals surface area contributed by atoms with Gasteiger partial charge in [-0.3, -0.25) is 14.4 Å². The van der Waals surface area contributed by atoms with E-state index in [1.165, 1.54) is 0 Å². The molecule has 1 saturated heterocycles. The van der Waals surface area contributed by atoms with Gasteiger partial charge in [-0.1, -0.05) is 46.8 Å². The first kappa shape index (κ1) is 21.1. The lowest BCUT2D eigenvalue weighted by atomic mass is 9.86. The van der Waals surface area contributed by atoms with Crippen LogP contribution in [0.25, 0.3) is 0 Å². The first-order chi connectivity index (χ1) is 12.6. The molecular formula is C21H30N2O4. The highest BCUT2D eigenvalue weighted by Crippen LogP contribution is 2.22. The van der Waals surface area contributed by atoms with Gasteiger partial charge in [0.05, 0.1) is 6.61 Å². The maximum absolute atomic E-state index is 12.6. The van der Waals surface area contributed by atoms with Gasteiger partial charge in [-0.2, -0.15) is 0 Å². The summed E-state index contributed by atoms with van der Waals surface area (Å²) in [5.41, 5.74) is 1.64. The van der Waals surface area contributed by atoms with E-state index < -0.39 is 12.1 Å². The molecule has 2 amide bonds. The average Bonchev–Trinajstić information content (AvgIpc) is 2.98. The SMILES string of the molecule is CC(C)C[C@H](NC(=O)c1ccc(C(C)(C)C)cc1)C(=O)NC1COCC1=O. The summed E-state index contributed by atoms with van der Waals surface area (Å²) in [7, 11) is 0. The minimum Gasteiger partial charge on any atom is -0.371 e.